The van der Waals surface area contributed by atoms with Crippen LogP contribution in [0, 0.1) is 5.92 Å². The van der Waals surface area contributed by atoms with Crippen molar-refractivity contribution in [2.24, 2.45) is 5.92 Å². The summed E-state index contributed by atoms with van der Waals surface area (Å²) in [4.78, 5) is 26.8. The number of carbonyl (C=O) groups is 1. The number of amides is 1. The van der Waals surface area contributed by atoms with Crippen molar-refractivity contribution >= 4 is 5.91 Å². The summed E-state index contributed by atoms with van der Waals surface area (Å²) >= 11 is 0. The summed E-state index contributed by atoms with van der Waals surface area (Å²) in [5, 5.41) is 18.4. The molecular weight excluding hydrogens is 236 g/mol. The number of nitrogens with one attached hydrogen (secondary N) is 1. The second kappa shape index (κ2) is 4.81. The summed E-state index contributed by atoms with van der Waals surface area (Å²) in [5.74, 6) is -0.319. The zero-order valence-corrected chi connectivity index (χ0v) is 10.1. The summed E-state index contributed by atoms with van der Waals surface area (Å²) in [6.07, 6.45) is 1.17. The van der Waals surface area contributed by atoms with Crippen molar-refractivity contribution in [3.63, 3.8) is 0 Å². The van der Waals surface area contributed by atoms with E-state index in [9.17, 15) is 19.8 Å². The van der Waals surface area contributed by atoms with E-state index in [0.717, 1.165) is 6.07 Å². The van der Waals surface area contributed by atoms with Crippen molar-refractivity contribution in [2.45, 2.75) is 18.9 Å². The molecule has 2 rings (SSSR count). The first kappa shape index (κ1) is 12.6. The predicted molar refractivity (Wildman–Crippen MR) is 64.4 cm³/mol. The minimum absolute atomic E-state index is 0.165. The highest BCUT2D eigenvalue weighted by atomic mass is 16.3. The minimum atomic E-state index is -0.509. The first-order chi connectivity index (χ1) is 8.45. The number of aromatic nitrogens is 1. The Kier molecular flexibility index (Phi) is 3.38. The average Bonchev–Trinajstić information content (AvgIpc) is 2.24. The van der Waals surface area contributed by atoms with Gasteiger partial charge < -0.3 is 15.1 Å². The highest BCUT2D eigenvalue weighted by molar-refractivity contribution is 5.94. The lowest BCUT2D eigenvalue weighted by atomic mass is 9.82. The third-order valence-electron chi connectivity index (χ3n) is 3.17. The van der Waals surface area contributed by atoms with E-state index in [1.54, 1.807) is 7.05 Å². The second-order valence-electron chi connectivity index (χ2n) is 4.80. The molecule has 3 N–H and O–H groups in total. The quantitative estimate of drug-likeness (QED) is 0.701. The Morgan fingerprint density at radius 1 is 1.50 bits per heavy atom. The van der Waals surface area contributed by atoms with E-state index in [0.29, 0.717) is 25.3 Å². The average molecular weight is 252 g/mol. The first-order valence-corrected chi connectivity index (χ1v) is 5.82. The number of hydrogen-bond acceptors (Lipinski definition) is 4. The number of aliphatic hydroxyl groups excluding tert-OH is 1. The molecule has 98 valence electrons. The molecule has 1 saturated carbocycles. The Balaban J connectivity index is 2.03. The third kappa shape index (κ3) is 2.70. The zero-order valence-electron chi connectivity index (χ0n) is 10.1. The second-order valence-corrected chi connectivity index (χ2v) is 4.80. The molecule has 1 aromatic rings. The molecule has 0 spiro atoms. The van der Waals surface area contributed by atoms with Gasteiger partial charge in [0.25, 0.3) is 11.5 Å². The van der Waals surface area contributed by atoms with Gasteiger partial charge in [-0.15, -0.1) is 0 Å². The van der Waals surface area contributed by atoms with E-state index < -0.39 is 5.56 Å². The Labute approximate surface area is 104 Å². The lowest BCUT2D eigenvalue weighted by molar-refractivity contribution is 0.0265. The number of H-pyrrole nitrogens is 1. The summed E-state index contributed by atoms with van der Waals surface area (Å²) in [7, 11) is 1.64. The van der Waals surface area contributed by atoms with Gasteiger partial charge in [-0.3, -0.25) is 14.6 Å². The van der Waals surface area contributed by atoms with Crippen molar-refractivity contribution < 1.29 is 15.0 Å². The molecule has 1 fully saturated rings. The number of hydrogen-bond donors (Lipinski definition) is 3. The van der Waals surface area contributed by atoms with E-state index >= 15 is 0 Å². The van der Waals surface area contributed by atoms with Crippen LogP contribution in [-0.2, 0) is 0 Å². The topological polar surface area (TPSA) is 93.6 Å². The van der Waals surface area contributed by atoms with Crippen LogP contribution in [0.25, 0.3) is 0 Å². The van der Waals surface area contributed by atoms with Crippen LogP contribution in [0.2, 0.25) is 0 Å². The number of aromatic amines is 1. The standard InChI is InChI=1S/C12H16N2O4/c1-14(6-7-2-9(15)3-7)12(18)8-4-10(16)13-11(17)5-8/h4-5,7,9,15H,2-3,6H2,1H3,(H2,13,16,17). The molecule has 1 heterocycles. The summed E-state index contributed by atoms with van der Waals surface area (Å²) in [5.41, 5.74) is -0.343. The van der Waals surface area contributed by atoms with E-state index in [4.69, 9.17) is 0 Å². The van der Waals surface area contributed by atoms with Crippen molar-refractivity contribution in [3.8, 4) is 5.88 Å². The van der Waals surface area contributed by atoms with Gasteiger partial charge >= 0.3 is 0 Å². The molecule has 18 heavy (non-hydrogen) atoms. The Hall–Kier alpha value is -1.82. The fourth-order valence-corrected chi connectivity index (χ4v) is 2.19. The van der Waals surface area contributed by atoms with Gasteiger partial charge in [0.1, 0.15) is 0 Å². The smallest absolute Gasteiger partial charge is 0.254 e. The molecule has 1 aliphatic carbocycles. The lowest BCUT2D eigenvalue weighted by Gasteiger charge is -2.34. The van der Waals surface area contributed by atoms with Crippen LogP contribution in [0.1, 0.15) is 23.2 Å². The van der Waals surface area contributed by atoms with Gasteiger partial charge in [0.05, 0.1) is 11.7 Å². The van der Waals surface area contributed by atoms with Gasteiger partial charge in [-0.2, -0.15) is 0 Å². The highest BCUT2D eigenvalue weighted by Crippen LogP contribution is 2.27. The largest absolute Gasteiger partial charge is 0.494 e. The van der Waals surface area contributed by atoms with Crippen molar-refractivity contribution in [1.82, 2.24) is 9.88 Å². The van der Waals surface area contributed by atoms with Gasteiger partial charge in [0.2, 0.25) is 0 Å². The van der Waals surface area contributed by atoms with Gasteiger partial charge in [0.15, 0.2) is 5.88 Å². The minimum Gasteiger partial charge on any atom is -0.494 e. The third-order valence-corrected chi connectivity index (χ3v) is 3.17. The molecule has 0 unspecified atom stereocenters. The van der Waals surface area contributed by atoms with Crippen LogP contribution in [-0.4, -0.2) is 45.7 Å². The molecule has 6 heteroatoms. The molecular formula is C12H16N2O4. The number of rotatable bonds is 3. The molecule has 0 bridgehead atoms. The molecule has 1 aromatic heterocycles. The Morgan fingerprint density at radius 3 is 2.72 bits per heavy atom. The van der Waals surface area contributed by atoms with Crippen LogP contribution in [0.15, 0.2) is 16.9 Å². The van der Waals surface area contributed by atoms with Crippen LogP contribution in [0.4, 0.5) is 0 Å². The summed E-state index contributed by atoms with van der Waals surface area (Å²) in [6, 6.07) is 2.39. The maximum Gasteiger partial charge on any atom is 0.254 e. The van der Waals surface area contributed by atoms with Crippen molar-refractivity contribution in [3.05, 3.63) is 28.0 Å². The fourth-order valence-electron chi connectivity index (χ4n) is 2.19. The summed E-state index contributed by atoms with van der Waals surface area (Å²) < 4.78 is 0. The number of aromatic hydroxyl groups is 1. The number of aliphatic hydroxyl groups is 1. The lowest BCUT2D eigenvalue weighted by Crippen LogP contribution is -2.39. The van der Waals surface area contributed by atoms with E-state index in [-0.39, 0.29) is 23.5 Å². The monoisotopic (exact) mass is 252 g/mol. The Bertz CT molecular complexity index is 505. The highest BCUT2D eigenvalue weighted by Gasteiger charge is 2.29. The van der Waals surface area contributed by atoms with Crippen LogP contribution in [0.5, 0.6) is 5.88 Å². The maximum atomic E-state index is 12.0. The maximum absolute atomic E-state index is 12.0. The molecule has 0 saturated heterocycles. The zero-order chi connectivity index (χ0) is 13.3. The Morgan fingerprint density at radius 2 is 2.17 bits per heavy atom. The van der Waals surface area contributed by atoms with Gasteiger partial charge in [-0.25, -0.2) is 0 Å². The first-order valence-electron chi connectivity index (χ1n) is 5.82. The molecule has 0 aliphatic heterocycles. The SMILES string of the molecule is CN(CC1CC(O)C1)C(=O)c1cc(O)[nH]c(=O)c1. The van der Waals surface area contributed by atoms with E-state index in [1.165, 1.54) is 11.0 Å². The van der Waals surface area contributed by atoms with Crippen molar-refractivity contribution in [1.29, 1.82) is 0 Å². The van der Waals surface area contributed by atoms with E-state index in [1.807, 2.05) is 0 Å². The molecule has 1 aliphatic rings. The molecule has 6 nitrogen and oxygen atoms in total. The van der Waals surface area contributed by atoms with Gasteiger partial charge in [-0.1, -0.05) is 0 Å². The molecule has 0 aromatic carbocycles. The summed E-state index contributed by atoms with van der Waals surface area (Å²) in [6.45, 7) is 0.545. The number of carbonyl (C=O) groups excluding carboxylic acids is 1. The van der Waals surface area contributed by atoms with Crippen LogP contribution >= 0.6 is 0 Å². The number of nitrogens with zero attached hydrogens (tertiary/aromatic N) is 1. The van der Waals surface area contributed by atoms with Crippen LogP contribution < -0.4 is 5.56 Å². The normalized spacial score (nSPS) is 22.3. The predicted octanol–water partition coefficient (Wildman–Crippen LogP) is -0.0766. The molecule has 1 amide bonds. The molecule has 0 atom stereocenters. The van der Waals surface area contributed by atoms with E-state index in [2.05, 4.69) is 4.98 Å². The number of pyridine rings is 1. The molecule has 0 radical (unpaired) electrons. The van der Waals surface area contributed by atoms with Gasteiger partial charge in [0, 0.05) is 25.7 Å². The fraction of sp³-hybridized carbons (Fsp3) is 0.500. The van der Waals surface area contributed by atoms with Gasteiger partial charge in [-0.05, 0) is 18.8 Å². The van der Waals surface area contributed by atoms with Crippen molar-refractivity contribution in [2.75, 3.05) is 13.6 Å². The van der Waals surface area contributed by atoms with Crippen LogP contribution in [0.3, 0.4) is 0 Å².